The third-order valence-corrected chi connectivity index (χ3v) is 5.82. The Bertz CT molecular complexity index is 1230. The number of anilines is 1. The Hall–Kier alpha value is -3.57. The van der Waals surface area contributed by atoms with Crippen LogP contribution in [0.1, 0.15) is 26.3 Å². The van der Waals surface area contributed by atoms with Crippen molar-refractivity contribution in [3.05, 3.63) is 57.7 Å². The van der Waals surface area contributed by atoms with Gasteiger partial charge in [0.05, 0.1) is 22.6 Å². The average Bonchev–Trinajstić information content (AvgIpc) is 3.07. The molecular formula is C25H24ClFN2O7S. The predicted molar refractivity (Wildman–Crippen MR) is 137 cm³/mol. The van der Waals surface area contributed by atoms with E-state index in [1.54, 1.807) is 26.8 Å². The molecular weight excluding hydrogens is 527 g/mol. The molecule has 3 rings (SSSR count). The molecule has 1 saturated heterocycles. The third-order valence-electron chi connectivity index (χ3n) is 4.63. The number of carbonyl (C=O) groups is 4. The zero-order valence-electron chi connectivity index (χ0n) is 20.2. The van der Waals surface area contributed by atoms with Crippen molar-refractivity contribution in [2.75, 3.05) is 25.1 Å². The molecule has 1 N–H and O–H groups in total. The Morgan fingerprint density at radius 3 is 2.51 bits per heavy atom. The van der Waals surface area contributed by atoms with Gasteiger partial charge in [0.25, 0.3) is 17.1 Å². The van der Waals surface area contributed by atoms with Gasteiger partial charge in [0.2, 0.25) is 0 Å². The minimum absolute atomic E-state index is 0.0909. The first-order chi connectivity index (χ1) is 17.6. The van der Waals surface area contributed by atoms with E-state index in [1.165, 1.54) is 36.4 Å². The number of carbonyl (C=O) groups excluding carboxylic acids is 4. The molecule has 2 aromatic carbocycles. The lowest BCUT2D eigenvalue weighted by molar-refractivity contribution is -0.149. The van der Waals surface area contributed by atoms with Crippen LogP contribution in [0.3, 0.4) is 0 Å². The quantitative estimate of drug-likeness (QED) is 0.329. The highest BCUT2D eigenvalue weighted by molar-refractivity contribution is 8.18. The molecule has 1 heterocycles. The van der Waals surface area contributed by atoms with E-state index in [-0.39, 0.29) is 34.1 Å². The SMILES string of the molecule is CCOc1cc(/C=C2/SC(=O)N(CC(=O)OC(C)C)C2=O)cc(Cl)c1OCC(=O)Nc1ccc(F)cc1. The number of rotatable bonds is 10. The van der Waals surface area contributed by atoms with Crippen LogP contribution in [0.4, 0.5) is 14.9 Å². The second kappa shape index (κ2) is 12.6. The number of benzene rings is 2. The van der Waals surface area contributed by atoms with E-state index in [4.69, 9.17) is 25.8 Å². The van der Waals surface area contributed by atoms with Crippen LogP contribution in [0, 0.1) is 5.82 Å². The van der Waals surface area contributed by atoms with E-state index in [1.807, 2.05) is 0 Å². The van der Waals surface area contributed by atoms with Crippen molar-refractivity contribution in [2.45, 2.75) is 26.9 Å². The van der Waals surface area contributed by atoms with Gasteiger partial charge in [-0.05, 0) is 80.6 Å². The van der Waals surface area contributed by atoms with Gasteiger partial charge in [-0.3, -0.25) is 24.1 Å². The molecule has 37 heavy (non-hydrogen) atoms. The molecule has 0 aromatic heterocycles. The summed E-state index contributed by atoms with van der Waals surface area (Å²) in [7, 11) is 0. The highest BCUT2D eigenvalue weighted by Gasteiger charge is 2.37. The molecule has 12 heteroatoms. The molecule has 1 aliphatic heterocycles. The predicted octanol–water partition coefficient (Wildman–Crippen LogP) is 4.88. The van der Waals surface area contributed by atoms with E-state index < -0.39 is 42.0 Å². The minimum Gasteiger partial charge on any atom is -0.490 e. The Morgan fingerprint density at radius 2 is 1.86 bits per heavy atom. The number of hydrogen-bond acceptors (Lipinski definition) is 8. The molecule has 0 atom stereocenters. The van der Waals surface area contributed by atoms with E-state index in [0.29, 0.717) is 23.0 Å². The first-order valence-electron chi connectivity index (χ1n) is 11.2. The van der Waals surface area contributed by atoms with Crippen molar-refractivity contribution < 1.29 is 37.8 Å². The van der Waals surface area contributed by atoms with Crippen LogP contribution in [0.25, 0.3) is 6.08 Å². The number of hydrogen-bond donors (Lipinski definition) is 1. The van der Waals surface area contributed by atoms with Crippen molar-refractivity contribution in [2.24, 2.45) is 0 Å². The topological polar surface area (TPSA) is 111 Å². The van der Waals surface area contributed by atoms with Crippen LogP contribution in [0.15, 0.2) is 41.3 Å². The van der Waals surface area contributed by atoms with Crippen LogP contribution in [-0.4, -0.2) is 53.8 Å². The van der Waals surface area contributed by atoms with Crippen molar-refractivity contribution in [1.82, 2.24) is 4.90 Å². The van der Waals surface area contributed by atoms with Crippen molar-refractivity contribution in [3.8, 4) is 11.5 Å². The molecule has 0 aliphatic carbocycles. The van der Waals surface area contributed by atoms with E-state index >= 15 is 0 Å². The highest BCUT2D eigenvalue weighted by Crippen LogP contribution is 2.39. The second-order valence-corrected chi connectivity index (χ2v) is 9.31. The van der Waals surface area contributed by atoms with Gasteiger partial charge in [-0.1, -0.05) is 11.6 Å². The average molecular weight is 551 g/mol. The molecule has 1 aliphatic rings. The van der Waals surface area contributed by atoms with Crippen molar-refractivity contribution >= 4 is 58.1 Å². The molecule has 0 radical (unpaired) electrons. The van der Waals surface area contributed by atoms with Gasteiger partial charge in [-0.25, -0.2) is 4.39 Å². The number of imide groups is 1. The summed E-state index contributed by atoms with van der Waals surface area (Å²) < 4.78 is 29.2. The zero-order valence-corrected chi connectivity index (χ0v) is 21.8. The Kier molecular flexibility index (Phi) is 9.54. The van der Waals surface area contributed by atoms with Gasteiger partial charge in [0, 0.05) is 5.69 Å². The van der Waals surface area contributed by atoms with Gasteiger partial charge in [-0.2, -0.15) is 0 Å². The summed E-state index contributed by atoms with van der Waals surface area (Å²) in [6, 6.07) is 8.28. The first-order valence-corrected chi connectivity index (χ1v) is 12.4. The Morgan fingerprint density at radius 1 is 1.16 bits per heavy atom. The number of nitrogens with zero attached hydrogens (tertiary/aromatic N) is 1. The van der Waals surface area contributed by atoms with Crippen molar-refractivity contribution in [1.29, 1.82) is 0 Å². The molecule has 9 nitrogen and oxygen atoms in total. The van der Waals surface area contributed by atoms with Gasteiger partial charge >= 0.3 is 5.97 Å². The summed E-state index contributed by atoms with van der Waals surface area (Å²) in [5.41, 5.74) is 0.833. The van der Waals surface area contributed by atoms with Crippen LogP contribution in [0.5, 0.6) is 11.5 Å². The van der Waals surface area contributed by atoms with Gasteiger partial charge in [0.15, 0.2) is 18.1 Å². The van der Waals surface area contributed by atoms with Crippen LogP contribution < -0.4 is 14.8 Å². The number of thioether (sulfide) groups is 1. The van der Waals surface area contributed by atoms with Crippen LogP contribution in [-0.2, 0) is 19.1 Å². The molecule has 0 bridgehead atoms. The van der Waals surface area contributed by atoms with Crippen LogP contribution >= 0.6 is 23.4 Å². The summed E-state index contributed by atoms with van der Waals surface area (Å²) in [5.74, 6) is -1.93. The normalized spacial score (nSPS) is 14.3. The number of ether oxygens (including phenoxy) is 3. The first kappa shape index (κ1) is 28.0. The monoisotopic (exact) mass is 550 g/mol. The number of nitrogens with one attached hydrogen (secondary N) is 1. The number of amides is 3. The van der Waals surface area contributed by atoms with E-state index in [0.717, 1.165) is 4.90 Å². The lowest BCUT2D eigenvalue weighted by Gasteiger charge is -2.15. The third kappa shape index (κ3) is 7.70. The standard InChI is InChI=1S/C25H24ClFN2O7S/c1-4-34-19-10-15(11-20-24(32)29(25(33)37-20)12-22(31)36-14(2)3)9-18(26)23(19)35-13-21(30)28-17-7-5-16(27)6-8-17/h5-11,14H,4,12-13H2,1-3H3,(H,28,30)/b20-11+. The van der Waals surface area contributed by atoms with Gasteiger partial charge in [0.1, 0.15) is 12.4 Å². The maximum absolute atomic E-state index is 13.0. The largest absolute Gasteiger partial charge is 0.490 e. The molecule has 2 aromatic rings. The minimum atomic E-state index is -0.690. The Balaban J connectivity index is 1.74. The maximum atomic E-state index is 13.0. The van der Waals surface area contributed by atoms with E-state index in [9.17, 15) is 23.6 Å². The molecule has 1 fully saturated rings. The maximum Gasteiger partial charge on any atom is 0.326 e. The van der Waals surface area contributed by atoms with Gasteiger partial charge in [-0.15, -0.1) is 0 Å². The second-order valence-electron chi connectivity index (χ2n) is 7.91. The van der Waals surface area contributed by atoms with Gasteiger partial charge < -0.3 is 19.5 Å². The summed E-state index contributed by atoms with van der Waals surface area (Å²) >= 11 is 7.07. The summed E-state index contributed by atoms with van der Waals surface area (Å²) in [4.78, 5) is 50.0. The molecule has 0 unspecified atom stereocenters. The fourth-order valence-corrected chi connectivity index (χ4v) is 4.27. The molecule has 196 valence electrons. The summed E-state index contributed by atoms with van der Waals surface area (Å²) in [6.07, 6.45) is 1.06. The number of esters is 1. The molecule has 0 spiro atoms. The fraction of sp³-hybridized carbons (Fsp3) is 0.280. The van der Waals surface area contributed by atoms with E-state index in [2.05, 4.69) is 5.32 Å². The zero-order chi connectivity index (χ0) is 27.1. The highest BCUT2D eigenvalue weighted by atomic mass is 35.5. The lowest BCUT2D eigenvalue weighted by Crippen LogP contribution is -2.35. The Labute approximate surface area is 221 Å². The smallest absolute Gasteiger partial charge is 0.326 e. The fourth-order valence-electron chi connectivity index (χ4n) is 3.16. The molecule has 3 amide bonds. The summed E-state index contributed by atoms with van der Waals surface area (Å²) in [6.45, 7) is 4.44. The molecule has 0 saturated carbocycles. The van der Waals surface area contributed by atoms with Crippen molar-refractivity contribution in [3.63, 3.8) is 0 Å². The summed E-state index contributed by atoms with van der Waals surface area (Å²) in [5, 5.41) is 2.08. The lowest BCUT2D eigenvalue weighted by atomic mass is 10.1. The van der Waals surface area contributed by atoms with Crippen LogP contribution in [0.2, 0.25) is 5.02 Å². The number of halogens is 2.